The van der Waals surface area contributed by atoms with E-state index in [1.807, 2.05) is 11.1 Å². The van der Waals surface area contributed by atoms with Gasteiger partial charge in [0.15, 0.2) is 0 Å². The topological polar surface area (TPSA) is 47.4 Å². The van der Waals surface area contributed by atoms with Gasteiger partial charge in [0.2, 0.25) is 0 Å². The van der Waals surface area contributed by atoms with Crippen molar-refractivity contribution in [2.75, 3.05) is 19.7 Å². The minimum Gasteiger partial charge on any atom is -0.465 e. The molecule has 0 fully saturated rings. The molecule has 18 heavy (non-hydrogen) atoms. The van der Waals surface area contributed by atoms with Gasteiger partial charge in [0, 0.05) is 25.5 Å². The number of aryl methyl sites for hydroxylation is 1. The van der Waals surface area contributed by atoms with E-state index in [4.69, 9.17) is 4.74 Å². The van der Waals surface area contributed by atoms with E-state index in [0.717, 1.165) is 12.4 Å². The molecular formula is C13H21N3O2. The molecule has 100 valence electrons. The van der Waals surface area contributed by atoms with E-state index in [2.05, 4.69) is 23.1 Å². The number of esters is 1. The molecule has 1 aromatic heterocycles. The number of carbonyl (C=O) groups excluding carboxylic acids is 1. The number of rotatable bonds is 8. The summed E-state index contributed by atoms with van der Waals surface area (Å²) in [7, 11) is 0. The third kappa shape index (κ3) is 4.33. The summed E-state index contributed by atoms with van der Waals surface area (Å²) < 4.78 is 7.01. The molecule has 1 heterocycles. The number of ether oxygens (including phenoxy) is 1. The molecule has 0 saturated heterocycles. The van der Waals surface area contributed by atoms with Crippen LogP contribution in [0, 0.1) is 0 Å². The van der Waals surface area contributed by atoms with E-state index >= 15 is 0 Å². The predicted octanol–water partition coefficient (Wildman–Crippen LogP) is 1.45. The summed E-state index contributed by atoms with van der Waals surface area (Å²) in [5.74, 6) is 0.734. The van der Waals surface area contributed by atoms with Gasteiger partial charge in [-0.2, -0.15) is 0 Å². The highest BCUT2D eigenvalue weighted by atomic mass is 16.5. The van der Waals surface area contributed by atoms with Gasteiger partial charge in [-0.05, 0) is 13.8 Å². The van der Waals surface area contributed by atoms with Crippen molar-refractivity contribution in [2.24, 2.45) is 0 Å². The minimum absolute atomic E-state index is 0.214. The first-order chi connectivity index (χ1) is 8.71. The Bertz CT molecular complexity index is 387. The molecule has 5 nitrogen and oxygen atoms in total. The zero-order valence-corrected chi connectivity index (χ0v) is 11.1. The summed E-state index contributed by atoms with van der Waals surface area (Å²) in [5.41, 5.74) is 0. The highest BCUT2D eigenvalue weighted by molar-refractivity contribution is 5.71. The summed E-state index contributed by atoms with van der Waals surface area (Å²) in [6.45, 7) is 10.4. The van der Waals surface area contributed by atoms with Gasteiger partial charge in [-0.1, -0.05) is 6.08 Å². The molecule has 0 N–H and O–H groups in total. The minimum atomic E-state index is -0.214. The third-order valence-electron chi connectivity index (χ3n) is 2.55. The zero-order valence-electron chi connectivity index (χ0n) is 11.1. The van der Waals surface area contributed by atoms with Crippen molar-refractivity contribution in [2.45, 2.75) is 26.9 Å². The average molecular weight is 251 g/mol. The molecule has 0 unspecified atom stereocenters. The van der Waals surface area contributed by atoms with Gasteiger partial charge < -0.3 is 9.30 Å². The molecule has 0 radical (unpaired) electrons. The maximum absolute atomic E-state index is 11.5. The van der Waals surface area contributed by atoms with E-state index in [1.165, 1.54) is 0 Å². The molecule has 0 aliphatic carbocycles. The molecule has 0 amide bonds. The molecule has 0 saturated carbocycles. The molecule has 0 atom stereocenters. The molecular weight excluding hydrogens is 230 g/mol. The Labute approximate surface area is 108 Å². The molecule has 1 rings (SSSR count). The Morgan fingerprint density at radius 3 is 3.00 bits per heavy atom. The normalized spacial score (nSPS) is 10.6. The fourth-order valence-electron chi connectivity index (χ4n) is 1.74. The van der Waals surface area contributed by atoms with Gasteiger partial charge in [0.05, 0.1) is 19.7 Å². The Hall–Kier alpha value is -1.62. The summed E-state index contributed by atoms with van der Waals surface area (Å²) >= 11 is 0. The monoisotopic (exact) mass is 251 g/mol. The van der Waals surface area contributed by atoms with Crippen LogP contribution in [0.1, 0.15) is 19.7 Å². The van der Waals surface area contributed by atoms with Crippen molar-refractivity contribution in [3.05, 3.63) is 30.9 Å². The second-order valence-corrected chi connectivity index (χ2v) is 3.89. The Morgan fingerprint density at radius 2 is 2.39 bits per heavy atom. The lowest BCUT2D eigenvalue weighted by Crippen LogP contribution is -2.31. The molecule has 0 aliphatic heterocycles. The smallest absolute Gasteiger partial charge is 0.320 e. The van der Waals surface area contributed by atoms with Crippen molar-refractivity contribution >= 4 is 5.97 Å². The van der Waals surface area contributed by atoms with Gasteiger partial charge in [-0.15, -0.1) is 6.58 Å². The molecule has 0 spiro atoms. The summed E-state index contributed by atoms with van der Waals surface area (Å²) in [6.07, 6.45) is 5.49. The van der Waals surface area contributed by atoms with E-state index in [-0.39, 0.29) is 12.5 Å². The molecule has 5 heteroatoms. The van der Waals surface area contributed by atoms with Gasteiger partial charge >= 0.3 is 5.97 Å². The Morgan fingerprint density at radius 1 is 1.61 bits per heavy atom. The molecule has 0 aliphatic rings. The van der Waals surface area contributed by atoms with Gasteiger partial charge in [0.25, 0.3) is 0 Å². The van der Waals surface area contributed by atoms with Crippen molar-refractivity contribution in [1.29, 1.82) is 0 Å². The fourth-order valence-corrected chi connectivity index (χ4v) is 1.74. The van der Waals surface area contributed by atoms with Crippen molar-refractivity contribution in [3.63, 3.8) is 0 Å². The van der Waals surface area contributed by atoms with Gasteiger partial charge in [-0.25, -0.2) is 4.98 Å². The number of nitrogens with zero attached hydrogens (tertiary/aromatic N) is 3. The molecule has 0 bridgehead atoms. The van der Waals surface area contributed by atoms with Crippen LogP contribution >= 0.6 is 0 Å². The fraction of sp³-hybridized carbons (Fsp3) is 0.538. The van der Waals surface area contributed by atoms with Gasteiger partial charge in [0.1, 0.15) is 5.82 Å². The highest BCUT2D eigenvalue weighted by Crippen LogP contribution is 2.03. The summed E-state index contributed by atoms with van der Waals surface area (Å²) in [6, 6.07) is 0. The SMILES string of the molecule is C=CCN(CC(=O)OCC)Cc1nccn1CC. The standard InChI is InChI=1S/C13H21N3O2/c1-4-8-15(11-13(17)18-6-3)10-12-14-7-9-16(12)5-2/h4,7,9H,1,5-6,8,10-11H2,2-3H3. The van der Waals surface area contributed by atoms with E-state index in [9.17, 15) is 4.79 Å². The summed E-state index contributed by atoms with van der Waals surface area (Å²) in [4.78, 5) is 17.7. The maximum Gasteiger partial charge on any atom is 0.320 e. The van der Waals surface area contributed by atoms with Crippen LogP contribution in [-0.2, 0) is 22.6 Å². The first-order valence-corrected chi connectivity index (χ1v) is 6.20. The lowest BCUT2D eigenvalue weighted by Gasteiger charge is -2.19. The van der Waals surface area contributed by atoms with Crippen LogP contribution in [-0.4, -0.2) is 40.1 Å². The number of aromatic nitrogens is 2. The second kappa shape index (κ2) is 7.66. The molecule has 1 aromatic rings. The van der Waals surface area contributed by atoms with E-state index in [1.54, 1.807) is 19.2 Å². The second-order valence-electron chi connectivity index (χ2n) is 3.89. The van der Waals surface area contributed by atoms with Crippen LogP contribution in [0.3, 0.4) is 0 Å². The molecule has 0 aromatic carbocycles. The lowest BCUT2D eigenvalue weighted by atomic mass is 10.4. The number of carbonyl (C=O) groups is 1. The Balaban J connectivity index is 2.62. The van der Waals surface area contributed by atoms with Crippen LogP contribution in [0.25, 0.3) is 0 Å². The van der Waals surface area contributed by atoms with Crippen LogP contribution in [0.2, 0.25) is 0 Å². The average Bonchev–Trinajstić information content (AvgIpc) is 2.76. The van der Waals surface area contributed by atoms with E-state index in [0.29, 0.717) is 19.7 Å². The summed E-state index contributed by atoms with van der Waals surface area (Å²) in [5, 5.41) is 0. The number of hydrogen-bond acceptors (Lipinski definition) is 4. The lowest BCUT2D eigenvalue weighted by molar-refractivity contribution is -0.144. The largest absolute Gasteiger partial charge is 0.465 e. The first kappa shape index (κ1) is 14.4. The van der Waals surface area contributed by atoms with Crippen LogP contribution < -0.4 is 0 Å². The van der Waals surface area contributed by atoms with Crippen LogP contribution in [0.5, 0.6) is 0 Å². The van der Waals surface area contributed by atoms with Crippen LogP contribution in [0.15, 0.2) is 25.0 Å². The van der Waals surface area contributed by atoms with E-state index < -0.39 is 0 Å². The predicted molar refractivity (Wildman–Crippen MR) is 70.0 cm³/mol. The maximum atomic E-state index is 11.5. The van der Waals surface area contributed by atoms with Crippen molar-refractivity contribution < 1.29 is 9.53 Å². The quantitative estimate of drug-likeness (QED) is 0.518. The zero-order chi connectivity index (χ0) is 13.4. The number of hydrogen-bond donors (Lipinski definition) is 0. The third-order valence-corrected chi connectivity index (χ3v) is 2.55. The Kier molecular flexibility index (Phi) is 6.14. The number of imidazole rings is 1. The van der Waals surface area contributed by atoms with Crippen molar-refractivity contribution in [3.8, 4) is 0 Å². The first-order valence-electron chi connectivity index (χ1n) is 6.20. The van der Waals surface area contributed by atoms with Crippen molar-refractivity contribution in [1.82, 2.24) is 14.5 Å². The van der Waals surface area contributed by atoms with Gasteiger partial charge in [-0.3, -0.25) is 9.69 Å². The highest BCUT2D eigenvalue weighted by Gasteiger charge is 2.13. The van der Waals surface area contributed by atoms with Crippen LogP contribution in [0.4, 0.5) is 0 Å².